The van der Waals surface area contributed by atoms with Crippen LogP contribution < -0.4 is 4.74 Å². The van der Waals surface area contributed by atoms with E-state index in [1.54, 1.807) is 0 Å². The number of hydrogen-bond acceptors (Lipinski definition) is 1. The summed E-state index contributed by atoms with van der Waals surface area (Å²) in [7, 11) is 0. The van der Waals surface area contributed by atoms with Gasteiger partial charge in [0.15, 0.2) is 0 Å². The Morgan fingerprint density at radius 3 is 2.90 bits per heavy atom. The third kappa shape index (κ3) is 2.11. The Bertz CT molecular complexity index is 787. The fourth-order valence-corrected chi connectivity index (χ4v) is 3.36. The van der Waals surface area contributed by atoms with Gasteiger partial charge in [-0.2, -0.15) is 0 Å². The van der Waals surface area contributed by atoms with E-state index in [4.69, 9.17) is 4.74 Å². The fourth-order valence-electron chi connectivity index (χ4n) is 3.36. The third-order valence-electron chi connectivity index (χ3n) is 4.43. The van der Waals surface area contributed by atoms with Gasteiger partial charge in [-0.3, -0.25) is 0 Å². The zero-order valence-corrected chi connectivity index (χ0v) is 12.3. The lowest BCUT2D eigenvalue weighted by Gasteiger charge is -2.30. The minimum absolute atomic E-state index is 0.656. The molecule has 2 nitrogen and oxygen atoms in total. The molecule has 3 aromatic rings. The second-order valence-electron chi connectivity index (χ2n) is 5.72. The highest BCUT2D eigenvalue weighted by atomic mass is 16.5. The summed E-state index contributed by atoms with van der Waals surface area (Å²) >= 11 is 0. The molecule has 0 N–H and O–H groups in total. The molecule has 1 atom stereocenters. The van der Waals surface area contributed by atoms with E-state index >= 15 is 0 Å². The molecule has 1 heterocycles. The van der Waals surface area contributed by atoms with Crippen LogP contribution in [0, 0.1) is 0 Å². The molecule has 0 bridgehead atoms. The molecule has 0 spiro atoms. The van der Waals surface area contributed by atoms with Crippen LogP contribution in [0.2, 0.25) is 0 Å². The van der Waals surface area contributed by atoms with Gasteiger partial charge in [-0.25, -0.2) is 0 Å². The molecule has 1 aliphatic carbocycles. The molecule has 0 aliphatic heterocycles. The predicted molar refractivity (Wildman–Crippen MR) is 86.0 cm³/mol. The summed E-state index contributed by atoms with van der Waals surface area (Å²) in [4.78, 5) is 0. The number of rotatable bonds is 4. The average molecular weight is 277 g/mol. The van der Waals surface area contributed by atoms with E-state index in [1.165, 1.54) is 28.5 Å². The van der Waals surface area contributed by atoms with E-state index in [2.05, 4.69) is 59.3 Å². The van der Waals surface area contributed by atoms with Crippen molar-refractivity contribution in [1.82, 2.24) is 4.57 Å². The Labute approximate surface area is 125 Å². The van der Waals surface area contributed by atoms with Gasteiger partial charge in [-0.15, -0.1) is 0 Å². The first-order chi connectivity index (χ1) is 10.3. The lowest BCUT2D eigenvalue weighted by molar-refractivity contribution is 0.340. The third-order valence-corrected chi connectivity index (χ3v) is 4.43. The van der Waals surface area contributed by atoms with Crippen molar-refractivity contribution in [2.24, 2.45) is 0 Å². The minimum Gasteiger partial charge on any atom is -0.494 e. The maximum absolute atomic E-state index is 5.57. The highest BCUT2D eigenvalue weighted by Gasteiger charge is 2.25. The maximum atomic E-state index is 5.57. The maximum Gasteiger partial charge on any atom is 0.120 e. The molecular formula is C19H19NO. The molecule has 0 saturated carbocycles. The van der Waals surface area contributed by atoms with Crippen molar-refractivity contribution in [3.8, 4) is 5.75 Å². The van der Waals surface area contributed by atoms with Gasteiger partial charge in [0.25, 0.3) is 0 Å². The topological polar surface area (TPSA) is 14.2 Å². The van der Waals surface area contributed by atoms with Crippen LogP contribution in [0.25, 0.3) is 10.9 Å². The van der Waals surface area contributed by atoms with Crippen molar-refractivity contribution < 1.29 is 4.74 Å². The van der Waals surface area contributed by atoms with E-state index < -0.39 is 0 Å². The zero-order valence-electron chi connectivity index (χ0n) is 12.3. The standard InChI is InChI=1S/C19H19NO/c1-2-21-17-7-8-19-15(12-17)9-10-20(19)13-16-11-14-5-3-4-6-18(14)16/h3-10,12,16H,2,11,13H2,1H3. The van der Waals surface area contributed by atoms with Crippen molar-refractivity contribution >= 4 is 10.9 Å². The van der Waals surface area contributed by atoms with Crippen LogP contribution in [0.15, 0.2) is 54.7 Å². The van der Waals surface area contributed by atoms with Gasteiger partial charge in [-0.1, -0.05) is 24.3 Å². The molecule has 21 heavy (non-hydrogen) atoms. The monoisotopic (exact) mass is 277 g/mol. The Morgan fingerprint density at radius 1 is 1.14 bits per heavy atom. The lowest BCUT2D eigenvalue weighted by atomic mass is 9.77. The first kappa shape index (κ1) is 12.5. The summed E-state index contributed by atoms with van der Waals surface area (Å²) < 4.78 is 7.94. The van der Waals surface area contributed by atoms with Crippen molar-refractivity contribution in [1.29, 1.82) is 0 Å². The predicted octanol–water partition coefficient (Wildman–Crippen LogP) is 4.38. The Kier molecular flexibility index (Phi) is 2.95. The van der Waals surface area contributed by atoms with E-state index in [1.807, 2.05) is 6.92 Å². The molecule has 2 aromatic carbocycles. The molecule has 0 amide bonds. The summed E-state index contributed by atoms with van der Waals surface area (Å²) in [6.07, 6.45) is 3.40. The average Bonchev–Trinajstić information content (AvgIpc) is 2.87. The van der Waals surface area contributed by atoms with Crippen LogP contribution in [0.1, 0.15) is 24.0 Å². The van der Waals surface area contributed by atoms with Crippen molar-refractivity contribution in [3.63, 3.8) is 0 Å². The first-order valence-corrected chi connectivity index (χ1v) is 7.64. The largest absolute Gasteiger partial charge is 0.494 e. The van der Waals surface area contributed by atoms with Gasteiger partial charge in [0, 0.05) is 29.6 Å². The van der Waals surface area contributed by atoms with Gasteiger partial charge < -0.3 is 9.30 Å². The Morgan fingerprint density at radius 2 is 2.05 bits per heavy atom. The highest BCUT2D eigenvalue weighted by molar-refractivity contribution is 5.81. The molecule has 0 radical (unpaired) electrons. The summed E-state index contributed by atoms with van der Waals surface area (Å²) in [6, 6.07) is 17.3. The minimum atomic E-state index is 0.656. The van der Waals surface area contributed by atoms with Gasteiger partial charge in [0.2, 0.25) is 0 Å². The van der Waals surface area contributed by atoms with Gasteiger partial charge >= 0.3 is 0 Å². The molecule has 1 unspecified atom stereocenters. The number of nitrogens with zero attached hydrogens (tertiary/aromatic N) is 1. The van der Waals surface area contributed by atoms with Gasteiger partial charge in [0.05, 0.1) is 6.61 Å². The molecule has 0 fully saturated rings. The van der Waals surface area contributed by atoms with Crippen LogP contribution in [-0.4, -0.2) is 11.2 Å². The quantitative estimate of drug-likeness (QED) is 0.690. The molecule has 4 rings (SSSR count). The number of hydrogen-bond donors (Lipinski definition) is 0. The van der Waals surface area contributed by atoms with Crippen LogP contribution in [0.5, 0.6) is 5.75 Å². The zero-order chi connectivity index (χ0) is 14.2. The van der Waals surface area contributed by atoms with Gasteiger partial charge in [-0.05, 0) is 48.7 Å². The smallest absolute Gasteiger partial charge is 0.120 e. The Hall–Kier alpha value is -2.22. The number of aromatic nitrogens is 1. The van der Waals surface area contributed by atoms with Crippen LogP contribution in [-0.2, 0) is 13.0 Å². The van der Waals surface area contributed by atoms with E-state index in [0.29, 0.717) is 12.5 Å². The van der Waals surface area contributed by atoms with Crippen molar-refractivity contribution in [2.75, 3.05) is 6.61 Å². The molecule has 1 aliphatic rings. The second-order valence-corrected chi connectivity index (χ2v) is 5.72. The highest BCUT2D eigenvalue weighted by Crippen LogP contribution is 2.36. The van der Waals surface area contributed by atoms with Crippen LogP contribution in [0.4, 0.5) is 0 Å². The summed E-state index contributed by atoms with van der Waals surface area (Å²) in [5.74, 6) is 1.61. The van der Waals surface area contributed by atoms with Gasteiger partial charge in [0.1, 0.15) is 5.75 Å². The molecular weight excluding hydrogens is 258 g/mol. The van der Waals surface area contributed by atoms with Crippen molar-refractivity contribution in [2.45, 2.75) is 25.8 Å². The first-order valence-electron chi connectivity index (χ1n) is 7.64. The number of benzene rings is 2. The van der Waals surface area contributed by atoms with E-state index in [0.717, 1.165) is 12.3 Å². The molecule has 2 heteroatoms. The normalized spacial score (nSPS) is 16.5. The van der Waals surface area contributed by atoms with E-state index in [-0.39, 0.29) is 0 Å². The molecule has 106 valence electrons. The summed E-state index contributed by atoms with van der Waals surface area (Å²) in [5, 5.41) is 1.26. The number of ether oxygens (including phenoxy) is 1. The number of fused-ring (bicyclic) bond motifs is 2. The molecule has 0 saturated heterocycles. The molecule has 1 aromatic heterocycles. The van der Waals surface area contributed by atoms with E-state index in [9.17, 15) is 0 Å². The van der Waals surface area contributed by atoms with Crippen LogP contribution in [0.3, 0.4) is 0 Å². The summed E-state index contributed by atoms with van der Waals surface area (Å²) in [5.41, 5.74) is 4.32. The van der Waals surface area contributed by atoms with Crippen LogP contribution >= 0.6 is 0 Å². The fraction of sp³-hybridized carbons (Fsp3) is 0.263. The second kappa shape index (κ2) is 4.96. The SMILES string of the molecule is CCOc1ccc2c(ccn2CC2Cc3ccccc32)c1. The van der Waals surface area contributed by atoms with Crippen molar-refractivity contribution in [3.05, 3.63) is 65.9 Å². The summed E-state index contributed by atoms with van der Waals surface area (Å²) in [6.45, 7) is 3.79. The lowest BCUT2D eigenvalue weighted by Crippen LogP contribution is -2.21. The Balaban J connectivity index is 1.61.